The minimum absolute atomic E-state index is 0.0129. The van der Waals surface area contributed by atoms with E-state index in [9.17, 15) is 28.8 Å². The molecule has 174 valence electrons. The lowest BCUT2D eigenvalue weighted by molar-refractivity contribution is -0.127. The lowest BCUT2D eigenvalue weighted by Gasteiger charge is -2.27. The lowest BCUT2D eigenvalue weighted by atomic mass is 9.98. The van der Waals surface area contributed by atoms with Crippen molar-refractivity contribution in [3.05, 3.63) is 56.7 Å². The Kier molecular flexibility index (Phi) is 7.25. The summed E-state index contributed by atoms with van der Waals surface area (Å²) in [7, 11) is 0. The third-order valence-corrected chi connectivity index (χ3v) is 8.78. The summed E-state index contributed by atoms with van der Waals surface area (Å²) in [6.45, 7) is -0.512. The van der Waals surface area contributed by atoms with E-state index in [0.717, 1.165) is 4.90 Å². The molecule has 34 heavy (non-hydrogen) atoms. The Labute approximate surface area is 242 Å². The summed E-state index contributed by atoms with van der Waals surface area (Å²) in [5, 5.41) is 3.31. The van der Waals surface area contributed by atoms with Gasteiger partial charge in [-0.1, -0.05) is 6.07 Å². The first-order valence-electron chi connectivity index (χ1n) is 9.15. The van der Waals surface area contributed by atoms with Gasteiger partial charge in [-0.2, -0.15) is 0 Å². The van der Waals surface area contributed by atoms with Crippen molar-refractivity contribution in [2.45, 2.75) is 6.04 Å². The maximum atomic E-state index is 12.8. The van der Waals surface area contributed by atoms with Gasteiger partial charge in [-0.15, -0.1) is 0 Å². The minimum atomic E-state index is -1.19. The van der Waals surface area contributed by atoms with Gasteiger partial charge in [-0.05, 0) is 109 Å². The predicted octanol–water partition coefficient (Wildman–Crippen LogP) is 3.66. The number of hydrogen-bond acceptors (Lipinski definition) is 6. The number of fused-ring (bicyclic) bond motifs is 2. The molecule has 1 atom stereocenters. The van der Waals surface area contributed by atoms with Gasteiger partial charge in [-0.25, -0.2) is 0 Å². The van der Waals surface area contributed by atoms with E-state index < -0.39 is 46.7 Å². The van der Waals surface area contributed by atoms with Gasteiger partial charge in [-0.3, -0.25) is 33.7 Å². The molecule has 2 heterocycles. The zero-order valence-electron chi connectivity index (χ0n) is 16.3. The molecule has 3 bridgehead atoms. The van der Waals surface area contributed by atoms with Crippen molar-refractivity contribution < 1.29 is 28.8 Å². The number of imide groups is 1. The van der Waals surface area contributed by atoms with Crippen LogP contribution in [0.3, 0.4) is 0 Å². The third kappa shape index (κ3) is 4.14. The number of carbonyl (C=O) groups excluding carboxylic acids is 6. The molecule has 9 nitrogen and oxygen atoms in total. The summed E-state index contributed by atoms with van der Waals surface area (Å²) < 4.78 is 0.835. The summed E-state index contributed by atoms with van der Waals surface area (Å²) in [5.74, 6) is -2.52. The summed E-state index contributed by atoms with van der Waals surface area (Å²) in [4.78, 5) is 75.1. The van der Waals surface area contributed by atoms with Gasteiger partial charge < -0.3 is 10.6 Å². The maximum absolute atomic E-state index is 12.8. The van der Waals surface area contributed by atoms with Crippen LogP contribution >= 0.6 is 91.0 Å². The molecule has 2 N–H and O–H groups in total. The third-order valence-electron chi connectivity index (χ3n) is 5.16. The first-order chi connectivity index (χ1) is 16.0. The topological polar surface area (TPSA) is 130 Å². The van der Waals surface area contributed by atoms with Crippen LogP contribution in [0.25, 0.3) is 0 Å². The Morgan fingerprint density at radius 2 is 1.44 bits per heavy atom. The highest BCUT2D eigenvalue weighted by atomic mass is 127. The van der Waals surface area contributed by atoms with Crippen molar-refractivity contribution in [1.29, 1.82) is 0 Å². The molecule has 0 fully saturated rings. The van der Waals surface area contributed by atoms with Crippen LogP contribution in [0.15, 0.2) is 18.2 Å². The minimum Gasteiger partial charge on any atom is -0.345 e. The summed E-state index contributed by atoms with van der Waals surface area (Å²) >= 11 is 16.8. The lowest BCUT2D eigenvalue weighted by Crippen LogP contribution is -2.46. The first kappa shape index (κ1) is 25.7. The van der Waals surface area contributed by atoms with Crippen LogP contribution in [0, 0.1) is 10.7 Å². The summed E-state index contributed by atoms with van der Waals surface area (Å²) in [6.07, 6.45) is 0. The highest BCUT2D eigenvalue weighted by Crippen LogP contribution is 2.39. The average molecular weight is 838 g/mol. The predicted molar refractivity (Wildman–Crippen MR) is 146 cm³/mol. The Bertz CT molecular complexity index is 1330. The molecule has 1 unspecified atom stereocenters. The monoisotopic (exact) mass is 837 g/mol. The Morgan fingerprint density at radius 1 is 0.882 bits per heavy atom. The molecule has 0 spiro atoms. The summed E-state index contributed by atoms with van der Waals surface area (Å²) in [6, 6.07) is 3.39. The molecule has 2 aliphatic heterocycles. The number of rotatable bonds is 6. The number of hydrogen-bond donors (Lipinski definition) is 2. The molecule has 0 saturated heterocycles. The van der Waals surface area contributed by atoms with Crippen molar-refractivity contribution in [2.75, 3.05) is 11.9 Å². The van der Waals surface area contributed by atoms with E-state index in [-0.39, 0.29) is 31.5 Å². The number of nitrogens with zero attached hydrogens (tertiary/aromatic N) is 1. The number of carbonyl (C=O) groups is 6. The maximum Gasteiger partial charge on any atom is 0.262 e. The van der Waals surface area contributed by atoms with Crippen LogP contribution in [0.2, 0.25) is 0 Å². The molecule has 2 aromatic rings. The van der Waals surface area contributed by atoms with Gasteiger partial charge in [0, 0.05) is 3.57 Å². The number of benzene rings is 2. The zero-order chi connectivity index (χ0) is 25.1. The van der Waals surface area contributed by atoms with E-state index in [0.29, 0.717) is 12.7 Å². The first-order valence-corrected chi connectivity index (χ1v) is 13.1. The van der Waals surface area contributed by atoms with E-state index in [1.54, 1.807) is 28.7 Å². The largest absolute Gasteiger partial charge is 0.345 e. The molecular weight excluding hydrogens is 830 g/mol. The molecule has 0 radical (unpaired) electrons. The highest BCUT2D eigenvalue weighted by molar-refractivity contribution is 14.1. The van der Waals surface area contributed by atoms with Gasteiger partial charge in [0.15, 0.2) is 0 Å². The Hall–Kier alpha value is -1.37. The van der Waals surface area contributed by atoms with Crippen LogP contribution < -0.4 is 10.6 Å². The van der Waals surface area contributed by atoms with Crippen LogP contribution in [0.1, 0.15) is 53.0 Å². The number of amides is 4. The van der Waals surface area contributed by atoms with E-state index in [4.69, 9.17) is 23.2 Å². The number of nitrogens with one attached hydrogen (secondary N) is 2. The van der Waals surface area contributed by atoms with Crippen molar-refractivity contribution in [3.8, 4) is 0 Å². The second-order valence-corrected chi connectivity index (χ2v) is 11.0. The Balaban J connectivity index is 1.54. The molecule has 14 heteroatoms. The molecule has 4 rings (SSSR count). The van der Waals surface area contributed by atoms with Crippen molar-refractivity contribution in [1.82, 2.24) is 10.2 Å². The van der Waals surface area contributed by atoms with E-state index in [1.165, 1.54) is 12.1 Å². The van der Waals surface area contributed by atoms with Crippen molar-refractivity contribution >= 4 is 131 Å². The fourth-order valence-electron chi connectivity index (χ4n) is 3.67. The number of halogens is 5. The molecule has 0 aromatic heterocycles. The standard InChI is InChI=1S/C20H8Cl2I3N3O6/c21-16(30)9-11(23)10(17(22)31)13(25)14(12(9)24)27-8(29)4-26-18(32)15-5-1-2-6-7(3-5)20(34)28(15)19(6)33/h1-3,15H,4H2,(H,26,32)(H,27,29). The van der Waals surface area contributed by atoms with Crippen molar-refractivity contribution in [2.24, 2.45) is 0 Å². The normalized spacial score (nSPS) is 15.6. The zero-order valence-corrected chi connectivity index (χ0v) is 24.3. The SMILES string of the molecule is O=C(CNC(=O)C1c2ccc3c(c2)C(=O)N1C3=O)Nc1c(I)c(C(=O)Cl)c(I)c(C(=O)Cl)c1I. The molecular formula is C20H8Cl2I3N3O6. The second kappa shape index (κ2) is 9.59. The second-order valence-electron chi connectivity index (χ2n) is 7.07. The van der Waals surface area contributed by atoms with Gasteiger partial charge in [0.2, 0.25) is 11.8 Å². The van der Waals surface area contributed by atoms with Crippen molar-refractivity contribution in [3.63, 3.8) is 0 Å². The van der Waals surface area contributed by atoms with Crippen LogP contribution in [-0.2, 0) is 9.59 Å². The smallest absolute Gasteiger partial charge is 0.262 e. The van der Waals surface area contributed by atoms with Crippen LogP contribution in [0.4, 0.5) is 5.69 Å². The van der Waals surface area contributed by atoms with Crippen LogP contribution in [-0.4, -0.2) is 45.6 Å². The molecule has 0 saturated carbocycles. The fourth-order valence-corrected chi connectivity index (χ4v) is 9.10. The van der Waals surface area contributed by atoms with E-state index >= 15 is 0 Å². The van der Waals surface area contributed by atoms with Crippen LogP contribution in [0.5, 0.6) is 0 Å². The Morgan fingerprint density at radius 3 is 2.00 bits per heavy atom. The van der Waals surface area contributed by atoms with E-state index in [2.05, 4.69) is 10.6 Å². The van der Waals surface area contributed by atoms with E-state index in [1.807, 2.05) is 45.2 Å². The van der Waals surface area contributed by atoms with Gasteiger partial charge in [0.05, 0.1) is 41.6 Å². The van der Waals surface area contributed by atoms with Gasteiger partial charge in [0.1, 0.15) is 6.04 Å². The molecule has 2 aromatic carbocycles. The molecule has 0 aliphatic carbocycles. The summed E-state index contributed by atoms with van der Waals surface area (Å²) in [5.41, 5.74) is 1.11. The average Bonchev–Trinajstić information content (AvgIpc) is 2.86. The fraction of sp³-hybridized carbons (Fsp3) is 0.100. The highest BCUT2D eigenvalue weighted by Gasteiger charge is 2.47. The van der Waals surface area contributed by atoms with Gasteiger partial charge in [0.25, 0.3) is 22.3 Å². The quantitative estimate of drug-likeness (QED) is 0.260. The number of anilines is 1. The molecule has 2 aliphatic rings. The molecule has 4 amide bonds. The van der Waals surface area contributed by atoms with Gasteiger partial charge >= 0.3 is 0 Å².